The maximum absolute atomic E-state index is 9.58. The van der Waals surface area contributed by atoms with Crippen LogP contribution in [0.3, 0.4) is 0 Å². The molecule has 0 fully saturated rings. The fourth-order valence-electron chi connectivity index (χ4n) is 3.33. The van der Waals surface area contributed by atoms with E-state index < -0.39 is 0 Å². The van der Waals surface area contributed by atoms with Crippen molar-refractivity contribution in [2.45, 2.75) is 47.0 Å². The zero-order valence-electron chi connectivity index (χ0n) is 14.7. The van der Waals surface area contributed by atoms with Gasteiger partial charge in [0.1, 0.15) is 5.75 Å². The number of hydrogen-bond acceptors (Lipinski definition) is 2. The molecule has 0 aliphatic rings. The molecule has 2 rings (SSSR count). The molecule has 0 radical (unpaired) electrons. The molecule has 2 aromatic rings. The Labute approximate surface area is 139 Å². The summed E-state index contributed by atoms with van der Waals surface area (Å²) in [4.78, 5) is 0. The van der Waals surface area contributed by atoms with Gasteiger partial charge in [0.2, 0.25) is 0 Å². The van der Waals surface area contributed by atoms with E-state index in [0.717, 1.165) is 11.3 Å². The minimum atomic E-state index is -0.124. The Balaban J connectivity index is 2.08. The van der Waals surface area contributed by atoms with Gasteiger partial charge in [0.15, 0.2) is 0 Å². The summed E-state index contributed by atoms with van der Waals surface area (Å²) in [7, 11) is 0. The maximum atomic E-state index is 9.58. The Kier molecular flexibility index (Phi) is 5.45. The van der Waals surface area contributed by atoms with Crippen molar-refractivity contribution in [3.8, 4) is 11.8 Å². The number of nitriles is 1. The van der Waals surface area contributed by atoms with Gasteiger partial charge in [0, 0.05) is 6.42 Å². The van der Waals surface area contributed by atoms with Crippen molar-refractivity contribution >= 4 is 0 Å². The van der Waals surface area contributed by atoms with Crippen LogP contribution in [0.5, 0.6) is 5.75 Å². The van der Waals surface area contributed by atoms with E-state index in [-0.39, 0.29) is 5.92 Å². The van der Waals surface area contributed by atoms with Crippen molar-refractivity contribution in [2.75, 3.05) is 6.61 Å². The van der Waals surface area contributed by atoms with Gasteiger partial charge in [-0.25, -0.2) is 0 Å². The molecule has 23 heavy (non-hydrogen) atoms. The third-order valence-corrected chi connectivity index (χ3v) is 4.11. The van der Waals surface area contributed by atoms with E-state index in [1.54, 1.807) is 0 Å². The quantitative estimate of drug-likeness (QED) is 0.750. The highest BCUT2D eigenvalue weighted by Crippen LogP contribution is 2.27. The van der Waals surface area contributed by atoms with Gasteiger partial charge in [-0.15, -0.1) is 0 Å². The average molecular weight is 307 g/mol. The normalized spacial score (nSPS) is 11.8. The lowest BCUT2D eigenvalue weighted by atomic mass is 9.88. The van der Waals surface area contributed by atoms with Crippen LogP contribution in [0.2, 0.25) is 0 Å². The van der Waals surface area contributed by atoms with Gasteiger partial charge in [0.25, 0.3) is 0 Å². The van der Waals surface area contributed by atoms with Crippen LogP contribution in [0, 0.1) is 45.9 Å². The number of rotatable bonds is 5. The lowest BCUT2D eigenvalue weighted by Crippen LogP contribution is -2.08. The molecular weight excluding hydrogens is 282 g/mol. The monoisotopic (exact) mass is 307 g/mol. The Morgan fingerprint density at radius 3 is 1.91 bits per heavy atom. The summed E-state index contributed by atoms with van der Waals surface area (Å²) in [6, 6.07) is 13.0. The molecule has 0 saturated carbocycles. The summed E-state index contributed by atoms with van der Waals surface area (Å²) in [5.74, 6) is 0.762. The molecule has 2 heteroatoms. The minimum Gasteiger partial charge on any atom is -0.494 e. The molecule has 1 atom stereocenters. The third-order valence-electron chi connectivity index (χ3n) is 4.11. The van der Waals surface area contributed by atoms with Crippen molar-refractivity contribution in [3.63, 3.8) is 0 Å². The topological polar surface area (TPSA) is 33.0 Å². The summed E-state index contributed by atoms with van der Waals surface area (Å²) < 4.78 is 5.87. The van der Waals surface area contributed by atoms with E-state index in [1.165, 1.54) is 27.8 Å². The molecule has 0 aromatic heterocycles. The Morgan fingerprint density at radius 2 is 1.39 bits per heavy atom. The van der Waals surface area contributed by atoms with Crippen LogP contribution in [0.4, 0.5) is 0 Å². The van der Waals surface area contributed by atoms with E-state index in [1.807, 2.05) is 12.1 Å². The molecule has 0 saturated heterocycles. The second-order valence-corrected chi connectivity index (χ2v) is 6.45. The first-order chi connectivity index (χ1) is 10.9. The molecule has 0 aliphatic carbocycles. The summed E-state index contributed by atoms with van der Waals surface area (Å²) in [6.07, 6.45) is 0.703. The molecule has 120 valence electrons. The zero-order valence-corrected chi connectivity index (χ0v) is 14.7. The van der Waals surface area contributed by atoms with E-state index in [9.17, 15) is 5.26 Å². The van der Waals surface area contributed by atoms with Gasteiger partial charge in [-0.2, -0.15) is 5.26 Å². The van der Waals surface area contributed by atoms with E-state index in [2.05, 4.69) is 58.9 Å². The summed E-state index contributed by atoms with van der Waals surface area (Å²) >= 11 is 0. The second-order valence-electron chi connectivity index (χ2n) is 6.45. The van der Waals surface area contributed by atoms with Gasteiger partial charge in [-0.05, 0) is 74.6 Å². The summed E-state index contributed by atoms with van der Waals surface area (Å²) in [5.41, 5.74) is 7.18. The van der Waals surface area contributed by atoms with Crippen LogP contribution in [0.25, 0.3) is 0 Å². The number of benzene rings is 2. The van der Waals surface area contributed by atoms with Crippen LogP contribution in [0.15, 0.2) is 30.3 Å². The molecule has 2 nitrogen and oxygen atoms in total. The molecule has 1 unspecified atom stereocenters. The smallest absolute Gasteiger partial charge is 0.119 e. The number of hydrogen-bond donors (Lipinski definition) is 0. The third kappa shape index (κ3) is 4.36. The second kappa shape index (κ2) is 7.33. The predicted octanol–water partition coefficient (Wildman–Crippen LogP) is 5.30. The lowest BCUT2D eigenvalue weighted by molar-refractivity contribution is 0.305. The summed E-state index contributed by atoms with van der Waals surface area (Å²) in [5, 5.41) is 9.58. The molecule has 0 aliphatic heterocycles. The van der Waals surface area contributed by atoms with Gasteiger partial charge in [-0.1, -0.05) is 23.8 Å². The fourth-order valence-corrected chi connectivity index (χ4v) is 3.33. The number of nitrogens with zero attached hydrogens (tertiary/aromatic N) is 1. The molecular formula is C21H25NO. The highest BCUT2D eigenvalue weighted by atomic mass is 16.5. The molecule has 0 heterocycles. The number of ether oxygens (including phenoxy) is 1. The first-order valence-corrected chi connectivity index (χ1v) is 8.09. The maximum Gasteiger partial charge on any atom is 0.119 e. The molecule has 0 N–H and O–H groups in total. The summed E-state index contributed by atoms with van der Waals surface area (Å²) in [6.45, 7) is 10.9. The highest BCUT2D eigenvalue weighted by molar-refractivity contribution is 5.42. The first-order valence-electron chi connectivity index (χ1n) is 8.09. The molecule has 0 amide bonds. The van der Waals surface area contributed by atoms with E-state index >= 15 is 0 Å². The Bertz CT molecular complexity index is 697. The molecule has 0 spiro atoms. The van der Waals surface area contributed by atoms with Crippen molar-refractivity contribution < 1.29 is 4.74 Å². The van der Waals surface area contributed by atoms with Crippen LogP contribution in [0.1, 0.15) is 45.7 Å². The number of aryl methyl sites for hydroxylation is 5. The largest absolute Gasteiger partial charge is 0.494 e. The predicted molar refractivity (Wildman–Crippen MR) is 95.0 cm³/mol. The SMILES string of the molecule is Cc1cc(C)cc(OCCC(C#N)c2c(C)cc(C)cc2C)c1. The average Bonchev–Trinajstić information content (AvgIpc) is 2.43. The van der Waals surface area contributed by atoms with Crippen LogP contribution < -0.4 is 4.74 Å². The van der Waals surface area contributed by atoms with Gasteiger partial charge < -0.3 is 4.74 Å². The Hall–Kier alpha value is -2.27. The lowest BCUT2D eigenvalue weighted by Gasteiger charge is -2.17. The van der Waals surface area contributed by atoms with E-state index in [4.69, 9.17) is 4.74 Å². The van der Waals surface area contributed by atoms with Crippen LogP contribution >= 0.6 is 0 Å². The van der Waals surface area contributed by atoms with Crippen LogP contribution in [-0.2, 0) is 0 Å². The highest BCUT2D eigenvalue weighted by Gasteiger charge is 2.16. The first kappa shape index (κ1) is 17.1. The van der Waals surface area contributed by atoms with Gasteiger partial charge in [0.05, 0.1) is 18.6 Å². The van der Waals surface area contributed by atoms with Crippen molar-refractivity contribution in [3.05, 3.63) is 63.7 Å². The van der Waals surface area contributed by atoms with Gasteiger partial charge in [-0.3, -0.25) is 0 Å². The van der Waals surface area contributed by atoms with E-state index in [0.29, 0.717) is 13.0 Å². The molecule has 2 aromatic carbocycles. The minimum absolute atomic E-state index is 0.124. The Morgan fingerprint density at radius 1 is 0.870 bits per heavy atom. The van der Waals surface area contributed by atoms with Gasteiger partial charge >= 0.3 is 0 Å². The van der Waals surface area contributed by atoms with Crippen LogP contribution in [-0.4, -0.2) is 6.61 Å². The van der Waals surface area contributed by atoms with Crippen molar-refractivity contribution in [2.24, 2.45) is 0 Å². The molecule has 0 bridgehead atoms. The van der Waals surface area contributed by atoms with Crippen molar-refractivity contribution in [1.29, 1.82) is 5.26 Å². The zero-order chi connectivity index (χ0) is 17.0. The van der Waals surface area contributed by atoms with Crippen molar-refractivity contribution in [1.82, 2.24) is 0 Å². The standard InChI is InChI=1S/C21H25NO/c1-14-8-15(2)12-20(11-14)23-7-6-19(13-22)21-17(4)9-16(3)10-18(21)5/h8-12,19H,6-7H2,1-5H3. The fraction of sp³-hybridized carbons (Fsp3) is 0.381.